The maximum atomic E-state index is 2.54. The van der Waals surface area contributed by atoms with Gasteiger partial charge in [-0.05, 0) is 141 Å². The molecule has 4 heteroatoms. The second-order valence-corrected chi connectivity index (χ2v) is 17.6. The molecule has 0 heterocycles. The lowest BCUT2D eigenvalue weighted by atomic mass is 10.1. The van der Waals surface area contributed by atoms with Crippen molar-refractivity contribution in [2.45, 2.75) is 69.2 Å². The summed E-state index contributed by atoms with van der Waals surface area (Å²) in [6.45, 7) is 23.3. The zero-order valence-electron chi connectivity index (χ0n) is 29.9. The summed E-state index contributed by atoms with van der Waals surface area (Å²) in [6.07, 6.45) is 0. The van der Waals surface area contributed by atoms with Gasteiger partial charge in [0.2, 0.25) is 0 Å². The Hall–Kier alpha value is -3.24. The highest BCUT2D eigenvalue weighted by Gasteiger charge is 2.49. The van der Waals surface area contributed by atoms with E-state index in [9.17, 15) is 0 Å². The van der Waals surface area contributed by atoms with Gasteiger partial charge in [-0.2, -0.15) is 0 Å². The minimum atomic E-state index is -2.84. The Morgan fingerprint density at radius 1 is 0.465 bits per heavy atom. The summed E-state index contributed by atoms with van der Waals surface area (Å²) in [5.74, 6) is 0.366. The SMILES string of the molecule is CC1=C(C)C(C)C([Si](c2cc(C)c(C)c(N(C)C)c2)(c2cc(C)c(C)c(N(C)C)c2)c2cc(C)c(C)c(N(C)C)c2)=C1C. The molecule has 3 aromatic carbocycles. The van der Waals surface area contributed by atoms with Crippen molar-refractivity contribution in [2.75, 3.05) is 57.0 Å². The summed E-state index contributed by atoms with van der Waals surface area (Å²) in [5.41, 5.74) is 16.5. The molecule has 0 aliphatic heterocycles. The minimum absolute atomic E-state index is 0.366. The number of rotatable bonds is 7. The largest absolute Gasteiger partial charge is 0.377 e. The van der Waals surface area contributed by atoms with Crippen LogP contribution in [0.5, 0.6) is 0 Å². The molecule has 230 valence electrons. The van der Waals surface area contributed by atoms with Crippen LogP contribution in [0.3, 0.4) is 0 Å². The summed E-state index contributed by atoms with van der Waals surface area (Å²) in [5, 5.41) is 6.06. The van der Waals surface area contributed by atoms with Gasteiger partial charge in [-0.25, -0.2) is 0 Å². The van der Waals surface area contributed by atoms with Crippen molar-refractivity contribution in [1.29, 1.82) is 0 Å². The predicted octanol–water partition coefficient (Wildman–Crippen LogP) is 7.05. The first kappa shape index (κ1) is 32.7. The number of hydrogen-bond donors (Lipinski definition) is 0. The molecule has 1 aliphatic rings. The number of benzene rings is 3. The van der Waals surface area contributed by atoms with Gasteiger partial charge in [0.15, 0.2) is 8.07 Å². The molecule has 0 saturated carbocycles. The van der Waals surface area contributed by atoms with Crippen LogP contribution >= 0.6 is 0 Å². The highest BCUT2D eigenvalue weighted by Crippen LogP contribution is 2.42. The molecular weight excluding hydrogens is 539 g/mol. The van der Waals surface area contributed by atoms with E-state index in [2.05, 4.69) is 163 Å². The van der Waals surface area contributed by atoms with E-state index in [0.29, 0.717) is 5.92 Å². The molecule has 0 amide bonds. The van der Waals surface area contributed by atoms with E-state index < -0.39 is 8.07 Å². The molecule has 1 aliphatic carbocycles. The van der Waals surface area contributed by atoms with Crippen molar-refractivity contribution in [3.63, 3.8) is 0 Å². The smallest absolute Gasteiger partial charge is 0.176 e. The second kappa shape index (κ2) is 11.7. The Bertz CT molecular complexity index is 1500. The molecule has 43 heavy (non-hydrogen) atoms. The van der Waals surface area contributed by atoms with Crippen LogP contribution in [0.4, 0.5) is 17.1 Å². The number of nitrogens with zero attached hydrogens (tertiary/aromatic N) is 3. The quantitative estimate of drug-likeness (QED) is 0.215. The van der Waals surface area contributed by atoms with Gasteiger partial charge in [0.1, 0.15) is 0 Å². The van der Waals surface area contributed by atoms with Crippen LogP contribution in [-0.2, 0) is 0 Å². The third-order valence-electron chi connectivity index (χ3n) is 10.7. The van der Waals surface area contributed by atoms with Gasteiger partial charge >= 0.3 is 0 Å². The summed E-state index contributed by atoms with van der Waals surface area (Å²) in [7, 11) is 10.3. The molecule has 0 bridgehead atoms. The topological polar surface area (TPSA) is 9.72 Å². The minimum Gasteiger partial charge on any atom is -0.377 e. The van der Waals surface area contributed by atoms with Crippen molar-refractivity contribution >= 4 is 40.7 Å². The van der Waals surface area contributed by atoms with Crippen LogP contribution < -0.4 is 30.3 Å². The lowest BCUT2D eigenvalue weighted by Crippen LogP contribution is -2.70. The molecule has 0 N–H and O–H groups in total. The first-order chi connectivity index (χ1) is 20.0. The third kappa shape index (κ3) is 5.16. The number of anilines is 3. The standard InChI is InChI=1S/C39H55N3Si/c1-23-17-33(20-36(26(23)4)40(11)12)43(39-31(9)29(7)30(8)32(39)10,34-18-24(2)27(5)37(21-34)41(13)14)35-19-25(3)28(6)38(22-35)42(15)16/h17-22,31H,1-16H3. The molecule has 0 aromatic heterocycles. The van der Waals surface area contributed by atoms with Gasteiger partial charge in [0, 0.05) is 59.3 Å². The average molecular weight is 594 g/mol. The van der Waals surface area contributed by atoms with E-state index in [4.69, 9.17) is 0 Å². The summed E-state index contributed by atoms with van der Waals surface area (Å²) >= 11 is 0. The fourth-order valence-corrected chi connectivity index (χ4v) is 13.4. The number of allylic oxidation sites excluding steroid dienone is 4. The van der Waals surface area contributed by atoms with Gasteiger partial charge < -0.3 is 14.7 Å². The molecule has 3 nitrogen and oxygen atoms in total. The van der Waals surface area contributed by atoms with Crippen LogP contribution in [0.1, 0.15) is 61.1 Å². The van der Waals surface area contributed by atoms with E-state index >= 15 is 0 Å². The van der Waals surface area contributed by atoms with Crippen molar-refractivity contribution in [2.24, 2.45) is 5.92 Å². The van der Waals surface area contributed by atoms with Gasteiger partial charge in [-0.3, -0.25) is 0 Å². The normalized spacial score (nSPS) is 15.5. The zero-order valence-corrected chi connectivity index (χ0v) is 30.9. The zero-order chi connectivity index (χ0) is 32.3. The Balaban J connectivity index is 2.39. The summed E-state index contributed by atoms with van der Waals surface area (Å²) < 4.78 is 0. The fourth-order valence-electron chi connectivity index (χ4n) is 7.50. The van der Waals surface area contributed by atoms with Crippen molar-refractivity contribution < 1.29 is 0 Å². The van der Waals surface area contributed by atoms with Gasteiger partial charge in [0.05, 0.1) is 0 Å². The van der Waals surface area contributed by atoms with E-state index in [1.165, 1.54) is 82.7 Å². The number of aryl methyl sites for hydroxylation is 3. The van der Waals surface area contributed by atoms with E-state index in [1.54, 1.807) is 5.20 Å². The van der Waals surface area contributed by atoms with Gasteiger partial charge in [-0.1, -0.05) is 41.5 Å². The van der Waals surface area contributed by atoms with E-state index in [0.717, 1.165) is 0 Å². The van der Waals surface area contributed by atoms with Crippen LogP contribution in [0.25, 0.3) is 0 Å². The fraction of sp³-hybridized carbons (Fsp3) is 0.436. The maximum Gasteiger partial charge on any atom is 0.176 e. The molecule has 1 atom stereocenters. The first-order valence-corrected chi connectivity index (χ1v) is 17.7. The Morgan fingerprint density at radius 3 is 1.00 bits per heavy atom. The first-order valence-electron chi connectivity index (χ1n) is 15.7. The predicted molar refractivity (Wildman–Crippen MR) is 196 cm³/mol. The van der Waals surface area contributed by atoms with Gasteiger partial charge in [-0.15, -0.1) is 0 Å². The molecule has 0 spiro atoms. The lowest BCUT2D eigenvalue weighted by molar-refractivity contribution is 0.851. The molecule has 0 saturated heterocycles. The van der Waals surface area contributed by atoms with Crippen LogP contribution in [0.2, 0.25) is 0 Å². The van der Waals surface area contributed by atoms with Crippen molar-refractivity contribution in [1.82, 2.24) is 0 Å². The number of hydrogen-bond acceptors (Lipinski definition) is 3. The Kier molecular flexibility index (Phi) is 8.88. The van der Waals surface area contributed by atoms with Crippen molar-refractivity contribution in [3.8, 4) is 0 Å². The Morgan fingerprint density at radius 2 is 0.767 bits per heavy atom. The highest BCUT2D eigenvalue weighted by atomic mass is 28.3. The van der Waals surface area contributed by atoms with E-state index in [1.807, 2.05) is 0 Å². The molecule has 3 aromatic rings. The van der Waals surface area contributed by atoms with Crippen molar-refractivity contribution in [3.05, 3.63) is 91.7 Å². The van der Waals surface area contributed by atoms with Crippen LogP contribution in [-0.4, -0.2) is 50.4 Å². The molecule has 0 fully saturated rings. The molecule has 0 radical (unpaired) electrons. The highest BCUT2D eigenvalue weighted by molar-refractivity contribution is 7.16. The second-order valence-electron chi connectivity index (χ2n) is 13.8. The maximum absolute atomic E-state index is 2.84. The Labute approximate surface area is 263 Å². The van der Waals surface area contributed by atoms with Gasteiger partial charge in [0.25, 0.3) is 0 Å². The lowest BCUT2D eigenvalue weighted by Gasteiger charge is -2.41. The monoisotopic (exact) mass is 593 g/mol. The summed E-state index contributed by atoms with van der Waals surface area (Å²) in [6, 6.07) is 15.2. The molecule has 1 unspecified atom stereocenters. The van der Waals surface area contributed by atoms with E-state index in [-0.39, 0.29) is 0 Å². The molecule has 4 rings (SSSR count). The molecular formula is C39H55N3Si. The van der Waals surface area contributed by atoms with Crippen LogP contribution in [0, 0.1) is 47.5 Å². The van der Waals surface area contributed by atoms with Crippen LogP contribution in [0.15, 0.2) is 58.3 Å². The third-order valence-corrected chi connectivity index (χ3v) is 15.8. The average Bonchev–Trinajstić information content (AvgIpc) is 3.12. The summed E-state index contributed by atoms with van der Waals surface area (Å²) in [4.78, 5) is 6.91.